The highest BCUT2D eigenvalue weighted by atomic mass is 19.3. The third kappa shape index (κ3) is 2.62. The molecule has 0 saturated carbocycles. The van der Waals surface area contributed by atoms with E-state index < -0.39 is 5.92 Å². The van der Waals surface area contributed by atoms with Crippen LogP contribution in [0, 0.1) is 0 Å². The number of hydrogen-bond acceptors (Lipinski definition) is 3. The summed E-state index contributed by atoms with van der Waals surface area (Å²) < 4.78 is 25.8. The van der Waals surface area contributed by atoms with Gasteiger partial charge in [-0.15, -0.1) is 0 Å². The van der Waals surface area contributed by atoms with Crippen LogP contribution in [0.2, 0.25) is 0 Å². The molecule has 2 fully saturated rings. The van der Waals surface area contributed by atoms with Gasteiger partial charge in [-0.3, -0.25) is 9.80 Å². The van der Waals surface area contributed by atoms with Crippen molar-refractivity contribution in [2.45, 2.75) is 12.3 Å². The van der Waals surface area contributed by atoms with E-state index >= 15 is 0 Å². The summed E-state index contributed by atoms with van der Waals surface area (Å²) in [5.74, 6) is -2.45. The fraction of sp³-hybridized carbons (Fsp3) is 1.00. The number of likely N-dealkylation sites (tertiary alicyclic amines) is 1. The molecule has 1 N–H and O–H groups in total. The maximum Gasteiger partial charge on any atom is 0.261 e. The zero-order chi connectivity index (χ0) is 10.0. The Morgan fingerprint density at radius 1 is 1.07 bits per heavy atom. The third-order valence-corrected chi connectivity index (χ3v) is 2.86. The second-order valence-electron chi connectivity index (χ2n) is 4.17. The van der Waals surface area contributed by atoms with E-state index in [0.717, 1.165) is 26.2 Å². The van der Waals surface area contributed by atoms with Crippen molar-refractivity contribution in [3.63, 3.8) is 0 Å². The SMILES string of the molecule is FC1(F)CCN(CN2CCNCC2)C1. The van der Waals surface area contributed by atoms with E-state index in [9.17, 15) is 8.78 Å². The molecule has 2 aliphatic rings. The zero-order valence-corrected chi connectivity index (χ0v) is 8.31. The number of rotatable bonds is 2. The topological polar surface area (TPSA) is 18.5 Å². The first kappa shape index (κ1) is 10.3. The molecule has 0 amide bonds. The summed E-state index contributed by atoms with van der Waals surface area (Å²) in [6.07, 6.45) is 0.0269. The molecule has 2 aliphatic heterocycles. The summed E-state index contributed by atoms with van der Waals surface area (Å²) in [6, 6.07) is 0. The van der Waals surface area contributed by atoms with Crippen molar-refractivity contribution in [2.24, 2.45) is 0 Å². The molecule has 0 unspecified atom stereocenters. The lowest BCUT2D eigenvalue weighted by atomic mass is 10.3. The molecule has 0 aromatic heterocycles. The second-order valence-corrected chi connectivity index (χ2v) is 4.17. The van der Waals surface area contributed by atoms with Gasteiger partial charge in [0.05, 0.1) is 13.2 Å². The van der Waals surface area contributed by atoms with Crippen molar-refractivity contribution >= 4 is 0 Å². The van der Waals surface area contributed by atoms with E-state index in [4.69, 9.17) is 0 Å². The van der Waals surface area contributed by atoms with Gasteiger partial charge in [0.15, 0.2) is 0 Å². The van der Waals surface area contributed by atoms with Crippen molar-refractivity contribution in [1.82, 2.24) is 15.1 Å². The van der Waals surface area contributed by atoms with E-state index in [1.54, 1.807) is 0 Å². The van der Waals surface area contributed by atoms with Crippen molar-refractivity contribution < 1.29 is 8.78 Å². The van der Waals surface area contributed by atoms with E-state index in [2.05, 4.69) is 10.2 Å². The smallest absolute Gasteiger partial charge is 0.261 e. The molecular formula is C9H17F2N3. The van der Waals surface area contributed by atoms with Gasteiger partial charge in [-0.2, -0.15) is 0 Å². The van der Waals surface area contributed by atoms with Gasteiger partial charge in [-0.1, -0.05) is 0 Å². The maximum absolute atomic E-state index is 12.9. The Bertz CT molecular complexity index is 192. The standard InChI is InChI=1S/C9H17F2N3/c10-9(11)1-4-14(7-9)8-13-5-2-12-3-6-13/h12H,1-8H2. The predicted molar refractivity (Wildman–Crippen MR) is 50.4 cm³/mol. The van der Waals surface area contributed by atoms with Crippen molar-refractivity contribution in [3.05, 3.63) is 0 Å². The molecule has 2 rings (SSSR count). The highest BCUT2D eigenvalue weighted by molar-refractivity contribution is 4.82. The molecule has 3 nitrogen and oxygen atoms in total. The highest BCUT2D eigenvalue weighted by Gasteiger charge is 2.38. The van der Waals surface area contributed by atoms with Gasteiger partial charge in [0.25, 0.3) is 5.92 Å². The second kappa shape index (κ2) is 4.08. The third-order valence-electron chi connectivity index (χ3n) is 2.86. The summed E-state index contributed by atoms with van der Waals surface area (Å²) >= 11 is 0. The van der Waals surface area contributed by atoms with Gasteiger partial charge in [-0.25, -0.2) is 8.78 Å². The van der Waals surface area contributed by atoms with Crippen LogP contribution in [0.15, 0.2) is 0 Å². The van der Waals surface area contributed by atoms with Crippen molar-refractivity contribution in [3.8, 4) is 0 Å². The highest BCUT2D eigenvalue weighted by Crippen LogP contribution is 2.26. The normalized spacial score (nSPS) is 29.6. The molecule has 0 aliphatic carbocycles. The molecular weight excluding hydrogens is 188 g/mol. The minimum absolute atomic E-state index is 0.0269. The molecule has 0 aromatic carbocycles. The van der Waals surface area contributed by atoms with Crippen LogP contribution in [0.25, 0.3) is 0 Å². The summed E-state index contributed by atoms with van der Waals surface area (Å²) in [7, 11) is 0. The first-order valence-electron chi connectivity index (χ1n) is 5.19. The molecule has 5 heteroatoms. The number of nitrogens with zero attached hydrogens (tertiary/aromatic N) is 2. The fourth-order valence-corrected chi connectivity index (χ4v) is 2.06. The maximum atomic E-state index is 12.9. The molecule has 0 spiro atoms. The Kier molecular flexibility index (Phi) is 2.99. The molecule has 82 valence electrons. The van der Waals surface area contributed by atoms with Gasteiger partial charge in [0, 0.05) is 39.1 Å². The van der Waals surface area contributed by atoms with Crippen LogP contribution >= 0.6 is 0 Å². The van der Waals surface area contributed by atoms with Crippen LogP contribution in [0.3, 0.4) is 0 Å². The Morgan fingerprint density at radius 2 is 1.79 bits per heavy atom. The lowest BCUT2D eigenvalue weighted by molar-refractivity contribution is 0.00537. The summed E-state index contributed by atoms with van der Waals surface area (Å²) in [4.78, 5) is 4.09. The number of nitrogens with one attached hydrogen (secondary N) is 1. The molecule has 2 heterocycles. The monoisotopic (exact) mass is 205 g/mol. The first-order chi connectivity index (χ1) is 6.66. The Morgan fingerprint density at radius 3 is 2.36 bits per heavy atom. The lowest BCUT2D eigenvalue weighted by Crippen LogP contribution is -2.48. The quantitative estimate of drug-likeness (QED) is 0.694. The van der Waals surface area contributed by atoms with Crippen LogP contribution in [0.1, 0.15) is 6.42 Å². The van der Waals surface area contributed by atoms with Crippen molar-refractivity contribution in [2.75, 3.05) is 45.9 Å². The average Bonchev–Trinajstić information content (AvgIpc) is 2.47. The van der Waals surface area contributed by atoms with Crippen LogP contribution in [0.5, 0.6) is 0 Å². The Balaban J connectivity index is 1.75. The molecule has 0 radical (unpaired) electrons. The number of halogens is 2. The average molecular weight is 205 g/mol. The van der Waals surface area contributed by atoms with E-state index in [0.29, 0.717) is 13.2 Å². The van der Waals surface area contributed by atoms with Crippen molar-refractivity contribution in [1.29, 1.82) is 0 Å². The summed E-state index contributed by atoms with van der Waals surface area (Å²) in [5.41, 5.74) is 0. The molecule has 0 bridgehead atoms. The summed E-state index contributed by atoms with van der Waals surface area (Å²) in [5, 5.41) is 3.25. The minimum atomic E-state index is -2.45. The van der Waals surface area contributed by atoms with Gasteiger partial charge < -0.3 is 5.32 Å². The predicted octanol–water partition coefficient (Wildman–Crippen LogP) is 0.190. The zero-order valence-electron chi connectivity index (χ0n) is 8.31. The van der Waals surface area contributed by atoms with Crippen LogP contribution in [-0.2, 0) is 0 Å². The molecule has 0 atom stereocenters. The van der Waals surface area contributed by atoms with Gasteiger partial charge in [-0.05, 0) is 0 Å². The van der Waals surface area contributed by atoms with Crippen LogP contribution in [-0.4, -0.2) is 61.7 Å². The summed E-state index contributed by atoms with van der Waals surface area (Å²) in [6.45, 7) is 5.09. The molecule has 2 saturated heterocycles. The Labute approximate surface area is 83.0 Å². The van der Waals surface area contributed by atoms with Crippen LogP contribution in [0.4, 0.5) is 8.78 Å². The van der Waals surface area contributed by atoms with Gasteiger partial charge >= 0.3 is 0 Å². The first-order valence-corrected chi connectivity index (χ1v) is 5.19. The fourth-order valence-electron chi connectivity index (χ4n) is 2.06. The number of alkyl halides is 2. The largest absolute Gasteiger partial charge is 0.314 e. The molecule has 0 aromatic rings. The number of hydrogen-bond donors (Lipinski definition) is 1. The van der Waals surface area contributed by atoms with Gasteiger partial charge in [0.2, 0.25) is 0 Å². The lowest BCUT2D eigenvalue weighted by Gasteiger charge is -2.30. The minimum Gasteiger partial charge on any atom is -0.314 e. The number of piperazine rings is 1. The molecule has 14 heavy (non-hydrogen) atoms. The van der Waals surface area contributed by atoms with E-state index in [1.165, 1.54) is 0 Å². The Hall–Kier alpha value is -0.260. The van der Waals surface area contributed by atoms with Gasteiger partial charge in [0.1, 0.15) is 0 Å². The van der Waals surface area contributed by atoms with E-state index in [1.807, 2.05) is 4.90 Å². The van der Waals surface area contributed by atoms with Crippen LogP contribution < -0.4 is 5.32 Å². The van der Waals surface area contributed by atoms with E-state index in [-0.39, 0.29) is 13.0 Å².